The molecule has 0 bridgehead atoms. The van der Waals surface area contributed by atoms with E-state index in [9.17, 15) is 27.6 Å². The Morgan fingerprint density at radius 2 is 1.77 bits per heavy atom. The second kappa shape index (κ2) is 15.0. The van der Waals surface area contributed by atoms with Crippen molar-refractivity contribution in [2.75, 3.05) is 32.2 Å². The van der Waals surface area contributed by atoms with Gasteiger partial charge in [-0.25, -0.2) is 9.59 Å². The predicted molar refractivity (Wildman–Crippen MR) is 162 cm³/mol. The molecule has 0 saturated carbocycles. The summed E-state index contributed by atoms with van der Waals surface area (Å²) in [5.41, 5.74) is 7.40. The number of halogens is 3. The number of H-pyrrole nitrogens is 1. The highest BCUT2D eigenvalue weighted by Crippen LogP contribution is 2.34. The number of hydroxylamine groups is 1. The number of aromatic amines is 1. The van der Waals surface area contributed by atoms with Gasteiger partial charge in [0.1, 0.15) is 18.5 Å². The lowest BCUT2D eigenvalue weighted by molar-refractivity contribution is -0.204. The van der Waals surface area contributed by atoms with Crippen molar-refractivity contribution in [1.82, 2.24) is 20.2 Å². The average molecular weight is 658 g/mol. The van der Waals surface area contributed by atoms with Crippen molar-refractivity contribution < 1.29 is 41.8 Å². The van der Waals surface area contributed by atoms with E-state index in [4.69, 9.17) is 25.4 Å². The number of benzene rings is 3. The zero-order chi connectivity index (χ0) is 34.1. The van der Waals surface area contributed by atoms with Crippen LogP contribution in [0.15, 0.2) is 71.5 Å². The van der Waals surface area contributed by atoms with Crippen molar-refractivity contribution in [2.24, 2.45) is 5.73 Å². The molecule has 0 aliphatic heterocycles. The summed E-state index contributed by atoms with van der Waals surface area (Å²) < 4.78 is 55.2. The highest BCUT2D eigenvalue weighted by atomic mass is 19.4. The van der Waals surface area contributed by atoms with Crippen molar-refractivity contribution in [3.63, 3.8) is 0 Å². The van der Waals surface area contributed by atoms with E-state index in [-0.39, 0.29) is 29.5 Å². The van der Waals surface area contributed by atoms with E-state index >= 15 is 0 Å². The first-order valence-corrected chi connectivity index (χ1v) is 13.9. The topological polar surface area (TPSA) is 196 Å². The Kier molecular flexibility index (Phi) is 10.8. The minimum absolute atomic E-state index is 0.0693. The third kappa shape index (κ3) is 8.46. The van der Waals surface area contributed by atoms with Gasteiger partial charge in [-0.15, -0.1) is 5.10 Å². The normalized spacial score (nSPS) is 11.8. The predicted octanol–water partition coefficient (Wildman–Crippen LogP) is 3.22. The Morgan fingerprint density at radius 3 is 2.43 bits per heavy atom. The van der Waals surface area contributed by atoms with Gasteiger partial charge in [-0.05, 0) is 61.0 Å². The number of para-hydroxylation sites is 1. The van der Waals surface area contributed by atoms with E-state index in [1.54, 1.807) is 56.5 Å². The first-order valence-electron chi connectivity index (χ1n) is 13.9. The maximum absolute atomic E-state index is 13.2. The van der Waals surface area contributed by atoms with E-state index in [0.717, 1.165) is 4.68 Å². The number of nitrogens with zero attached hydrogens (tertiary/aromatic N) is 2. The summed E-state index contributed by atoms with van der Waals surface area (Å²) in [4.78, 5) is 43.6. The molecule has 1 unspecified atom stereocenters. The molecule has 0 aliphatic carbocycles. The zero-order valence-electron chi connectivity index (χ0n) is 25.0. The van der Waals surface area contributed by atoms with Crippen LogP contribution in [0.2, 0.25) is 0 Å². The van der Waals surface area contributed by atoms with Crippen LogP contribution in [0.3, 0.4) is 0 Å². The maximum atomic E-state index is 13.2. The van der Waals surface area contributed by atoms with Crippen LogP contribution in [-0.4, -0.2) is 65.6 Å². The summed E-state index contributed by atoms with van der Waals surface area (Å²) in [7, 11) is 1.54. The van der Waals surface area contributed by atoms with Crippen molar-refractivity contribution in [3.8, 4) is 17.2 Å². The molecule has 0 fully saturated rings. The van der Waals surface area contributed by atoms with Crippen LogP contribution in [0.4, 0.5) is 18.9 Å². The van der Waals surface area contributed by atoms with Crippen molar-refractivity contribution in [2.45, 2.75) is 19.1 Å². The Labute approximate surface area is 265 Å². The zero-order valence-corrected chi connectivity index (χ0v) is 25.0. The Morgan fingerprint density at radius 1 is 1.04 bits per heavy atom. The molecule has 47 heavy (non-hydrogen) atoms. The number of methoxy groups -OCH3 is 1. The lowest BCUT2D eigenvalue weighted by Gasteiger charge is -2.20. The molecule has 0 saturated heterocycles. The molecular weight excluding hydrogens is 627 g/mol. The monoisotopic (exact) mass is 657 g/mol. The van der Waals surface area contributed by atoms with Gasteiger partial charge in [0.2, 0.25) is 0 Å². The molecule has 0 spiro atoms. The molecule has 14 nitrogen and oxygen atoms in total. The van der Waals surface area contributed by atoms with Crippen LogP contribution in [0.5, 0.6) is 11.5 Å². The van der Waals surface area contributed by atoms with Crippen LogP contribution < -0.4 is 31.7 Å². The lowest BCUT2D eigenvalue weighted by Crippen LogP contribution is -2.35. The third-order valence-electron chi connectivity index (χ3n) is 6.41. The Bertz CT molecular complexity index is 1790. The molecule has 0 radical (unpaired) electrons. The Balaban J connectivity index is 1.75. The molecule has 1 heterocycles. The summed E-state index contributed by atoms with van der Waals surface area (Å²) in [6, 6.07) is 16.2. The van der Waals surface area contributed by atoms with Gasteiger partial charge in [0.05, 0.1) is 24.5 Å². The van der Waals surface area contributed by atoms with Gasteiger partial charge in [0.25, 0.3) is 5.91 Å². The number of carbonyl (C=O) groups is 2. The minimum Gasteiger partial charge on any atom is -0.490 e. The number of alkyl halides is 3. The number of hydrogen-bond donors (Lipinski definition) is 5. The van der Waals surface area contributed by atoms with E-state index < -0.39 is 29.8 Å². The van der Waals surface area contributed by atoms with Gasteiger partial charge in [0, 0.05) is 18.4 Å². The van der Waals surface area contributed by atoms with Crippen LogP contribution in [0.25, 0.3) is 5.69 Å². The molecule has 6 N–H and O–H groups in total. The maximum Gasteiger partial charge on any atom is 0.493 e. The number of nitrogen functional groups attached to an aromatic ring is 1. The van der Waals surface area contributed by atoms with Gasteiger partial charge >= 0.3 is 17.8 Å². The second-order valence-corrected chi connectivity index (χ2v) is 9.61. The van der Waals surface area contributed by atoms with Gasteiger partial charge < -0.3 is 30.1 Å². The number of carbonyl (C=O) groups excluding carboxylic acids is 2. The number of nitrogens with one attached hydrogen (secondary N) is 4. The molecule has 1 aromatic heterocycles. The Hall–Kier alpha value is -5.84. The van der Waals surface area contributed by atoms with Gasteiger partial charge in [-0.3, -0.25) is 15.2 Å². The first kappa shape index (κ1) is 34.0. The summed E-state index contributed by atoms with van der Waals surface area (Å²) in [5.74, 6) is -3.08. The number of anilines is 1. The molecule has 4 aromatic rings. The molecular formula is C30H30F3N7O7. The van der Waals surface area contributed by atoms with Crippen molar-refractivity contribution in [1.29, 1.82) is 5.41 Å². The number of aromatic nitrogens is 3. The largest absolute Gasteiger partial charge is 0.493 e. The fourth-order valence-electron chi connectivity index (χ4n) is 4.24. The number of hydrogen-bond acceptors (Lipinski definition) is 10. The summed E-state index contributed by atoms with van der Waals surface area (Å²) in [6.07, 6.45) is -5.34. The smallest absolute Gasteiger partial charge is 0.490 e. The molecule has 1 atom stereocenters. The standard InChI is InChI=1S/C30H30F3N7O7/c1-3-45-23-16-18(10-13-22(23)46-15-14-44-2)24(36-19-11-8-17(9-12-19)25(34)35)26-37-29(43)40(38-26)21-7-5-4-6-20(21)27(41)39-47-28(42)30(31,32)33/h4-13,16,24,36H,3,14-15H2,1-2H3,(H3,34,35)(H,39,41)(H,37,38,43). The van der Waals surface area contributed by atoms with E-state index in [0.29, 0.717) is 41.5 Å². The molecule has 4 rings (SSSR count). The second-order valence-electron chi connectivity index (χ2n) is 9.61. The van der Waals surface area contributed by atoms with Crippen LogP contribution in [0.1, 0.15) is 40.3 Å². The SMILES string of the molecule is CCOc1cc(C(Nc2ccc(C(=N)N)cc2)c2nn(-c3ccccc3C(=O)NOC(=O)C(F)(F)F)c(=O)[nH]2)ccc1OCCOC. The molecule has 17 heteroatoms. The van der Waals surface area contributed by atoms with Crippen LogP contribution in [-0.2, 0) is 14.4 Å². The van der Waals surface area contributed by atoms with Crippen molar-refractivity contribution in [3.05, 3.63) is 99.7 Å². The fraction of sp³-hybridized carbons (Fsp3) is 0.233. The number of amides is 1. The average Bonchev–Trinajstić information content (AvgIpc) is 3.43. The van der Waals surface area contributed by atoms with Crippen LogP contribution >= 0.6 is 0 Å². The fourth-order valence-corrected chi connectivity index (χ4v) is 4.24. The summed E-state index contributed by atoms with van der Waals surface area (Å²) in [6.45, 7) is 2.73. The number of ether oxygens (including phenoxy) is 3. The van der Waals surface area contributed by atoms with Crippen LogP contribution in [0, 0.1) is 5.41 Å². The molecule has 3 aromatic carbocycles. The minimum atomic E-state index is -5.34. The summed E-state index contributed by atoms with van der Waals surface area (Å²) >= 11 is 0. The van der Waals surface area contributed by atoms with Gasteiger partial charge in [0.15, 0.2) is 17.3 Å². The number of nitrogens with two attached hydrogens (primary N) is 1. The molecule has 0 aliphatic rings. The van der Waals surface area contributed by atoms with E-state index in [1.165, 1.54) is 29.7 Å². The highest BCUT2D eigenvalue weighted by molar-refractivity contribution is 5.98. The van der Waals surface area contributed by atoms with E-state index in [2.05, 4.69) is 20.2 Å². The van der Waals surface area contributed by atoms with Gasteiger partial charge in [-0.2, -0.15) is 23.3 Å². The molecule has 1 amide bonds. The highest BCUT2D eigenvalue weighted by Gasteiger charge is 2.42. The van der Waals surface area contributed by atoms with Gasteiger partial charge in [-0.1, -0.05) is 18.2 Å². The third-order valence-corrected chi connectivity index (χ3v) is 6.41. The molecule has 248 valence electrons. The lowest BCUT2D eigenvalue weighted by atomic mass is 10.0. The number of amidine groups is 1. The quantitative estimate of drug-likeness (QED) is 0.0616. The summed E-state index contributed by atoms with van der Waals surface area (Å²) in [5, 5.41) is 15.3. The van der Waals surface area contributed by atoms with E-state index in [1.807, 2.05) is 0 Å². The number of rotatable bonds is 13. The first-order chi connectivity index (χ1) is 22.4. The van der Waals surface area contributed by atoms with Crippen molar-refractivity contribution >= 4 is 23.4 Å².